The van der Waals surface area contributed by atoms with Gasteiger partial charge in [-0.3, -0.25) is 4.57 Å². The molecular weight excluding hydrogens is 255 g/mol. The second kappa shape index (κ2) is 4.43. The molecule has 6 nitrogen and oxygen atoms in total. The maximum Gasteiger partial charge on any atom is 0.353 e. The molecule has 3 heterocycles. The van der Waals surface area contributed by atoms with Crippen molar-refractivity contribution < 1.29 is 18.7 Å². The van der Waals surface area contributed by atoms with Gasteiger partial charge in [0.05, 0.1) is 12.0 Å². The SMILES string of the molecule is Cc1cc2cn([C@H]3C[C@H](F)[C@@H](CO)O3)c(=O)nc2o1. The van der Waals surface area contributed by atoms with Crippen molar-refractivity contribution in [1.82, 2.24) is 9.55 Å². The lowest BCUT2D eigenvalue weighted by molar-refractivity contribution is -0.0353. The Balaban J connectivity index is 2.01. The summed E-state index contributed by atoms with van der Waals surface area (Å²) in [7, 11) is 0. The van der Waals surface area contributed by atoms with E-state index in [9.17, 15) is 9.18 Å². The predicted molar refractivity (Wildman–Crippen MR) is 63.5 cm³/mol. The summed E-state index contributed by atoms with van der Waals surface area (Å²) in [4.78, 5) is 15.7. The van der Waals surface area contributed by atoms with Crippen molar-refractivity contribution in [3.63, 3.8) is 0 Å². The van der Waals surface area contributed by atoms with Gasteiger partial charge in [0.25, 0.3) is 0 Å². The number of aliphatic hydroxyl groups excluding tert-OH is 1. The highest BCUT2D eigenvalue weighted by Gasteiger charge is 2.36. The lowest BCUT2D eigenvalue weighted by Crippen LogP contribution is -2.27. The Hall–Kier alpha value is -1.73. The van der Waals surface area contributed by atoms with E-state index in [-0.39, 0.29) is 12.1 Å². The van der Waals surface area contributed by atoms with E-state index < -0.39 is 30.8 Å². The van der Waals surface area contributed by atoms with Crippen LogP contribution in [0, 0.1) is 6.92 Å². The Morgan fingerprint density at radius 1 is 1.63 bits per heavy atom. The van der Waals surface area contributed by atoms with E-state index in [1.54, 1.807) is 13.0 Å². The van der Waals surface area contributed by atoms with Gasteiger partial charge in [-0.15, -0.1) is 0 Å². The second-order valence-corrected chi connectivity index (χ2v) is 4.61. The molecule has 2 aromatic heterocycles. The van der Waals surface area contributed by atoms with E-state index in [0.29, 0.717) is 11.1 Å². The van der Waals surface area contributed by atoms with Gasteiger partial charge in [-0.25, -0.2) is 9.18 Å². The van der Waals surface area contributed by atoms with Gasteiger partial charge in [-0.1, -0.05) is 0 Å². The molecule has 2 aromatic rings. The number of ether oxygens (including phenoxy) is 1. The molecule has 3 atom stereocenters. The third kappa shape index (κ3) is 2.04. The molecule has 1 N–H and O–H groups in total. The Morgan fingerprint density at radius 3 is 3.11 bits per heavy atom. The summed E-state index contributed by atoms with van der Waals surface area (Å²) < 4.78 is 25.3. The number of furan rings is 1. The summed E-state index contributed by atoms with van der Waals surface area (Å²) in [6.45, 7) is 1.34. The highest BCUT2D eigenvalue weighted by molar-refractivity contribution is 5.72. The fourth-order valence-electron chi connectivity index (χ4n) is 2.28. The first-order chi connectivity index (χ1) is 9.08. The fraction of sp³-hybridized carbons (Fsp3) is 0.500. The van der Waals surface area contributed by atoms with Gasteiger partial charge in [0.2, 0.25) is 5.71 Å². The van der Waals surface area contributed by atoms with E-state index in [1.165, 1.54) is 10.8 Å². The van der Waals surface area contributed by atoms with Crippen molar-refractivity contribution in [2.24, 2.45) is 0 Å². The lowest BCUT2D eigenvalue weighted by Gasteiger charge is -2.13. The summed E-state index contributed by atoms with van der Waals surface area (Å²) in [5.41, 5.74) is -0.301. The van der Waals surface area contributed by atoms with Crippen molar-refractivity contribution >= 4 is 11.1 Å². The first kappa shape index (κ1) is 12.3. The summed E-state index contributed by atoms with van der Waals surface area (Å²) in [6, 6.07) is 1.74. The molecule has 0 bridgehead atoms. The Bertz CT molecular complexity index is 665. The van der Waals surface area contributed by atoms with Crippen LogP contribution in [-0.2, 0) is 4.74 Å². The van der Waals surface area contributed by atoms with E-state index in [0.717, 1.165) is 0 Å². The third-order valence-corrected chi connectivity index (χ3v) is 3.21. The van der Waals surface area contributed by atoms with Crippen molar-refractivity contribution in [2.45, 2.75) is 31.8 Å². The number of rotatable bonds is 2. The minimum atomic E-state index is -1.29. The zero-order valence-electron chi connectivity index (χ0n) is 10.2. The molecule has 0 saturated carbocycles. The average molecular weight is 268 g/mol. The summed E-state index contributed by atoms with van der Waals surface area (Å²) in [6.07, 6.45) is -1.36. The van der Waals surface area contributed by atoms with Crippen LogP contribution in [0.2, 0.25) is 0 Å². The molecule has 0 aromatic carbocycles. The smallest absolute Gasteiger partial charge is 0.353 e. The van der Waals surface area contributed by atoms with Crippen LogP contribution in [0.5, 0.6) is 0 Å². The molecule has 1 aliphatic rings. The Kier molecular flexibility index (Phi) is 2.87. The first-order valence-electron chi connectivity index (χ1n) is 5.98. The zero-order valence-corrected chi connectivity index (χ0v) is 10.2. The first-order valence-corrected chi connectivity index (χ1v) is 5.98. The monoisotopic (exact) mass is 268 g/mol. The lowest BCUT2D eigenvalue weighted by atomic mass is 10.2. The van der Waals surface area contributed by atoms with Crippen LogP contribution in [0.4, 0.5) is 4.39 Å². The highest BCUT2D eigenvalue weighted by Crippen LogP contribution is 2.30. The maximum absolute atomic E-state index is 13.5. The number of aromatic nitrogens is 2. The molecular formula is C12H13FN2O4. The van der Waals surface area contributed by atoms with Gasteiger partial charge < -0.3 is 14.3 Å². The second-order valence-electron chi connectivity index (χ2n) is 4.61. The largest absolute Gasteiger partial charge is 0.443 e. The van der Waals surface area contributed by atoms with E-state index in [2.05, 4.69) is 4.98 Å². The van der Waals surface area contributed by atoms with Crippen molar-refractivity contribution in [1.29, 1.82) is 0 Å². The molecule has 102 valence electrons. The molecule has 0 unspecified atom stereocenters. The number of aryl methyl sites for hydroxylation is 1. The minimum absolute atomic E-state index is 0.0230. The van der Waals surface area contributed by atoms with Crippen molar-refractivity contribution in [3.8, 4) is 0 Å². The van der Waals surface area contributed by atoms with Gasteiger partial charge in [0, 0.05) is 12.6 Å². The van der Waals surface area contributed by atoms with Gasteiger partial charge in [0.15, 0.2) is 0 Å². The summed E-state index contributed by atoms with van der Waals surface area (Å²) in [5.74, 6) is 0.642. The molecule has 0 spiro atoms. The number of alkyl halides is 1. The molecule has 7 heteroatoms. The summed E-state index contributed by atoms with van der Waals surface area (Å²) in [5, 5.41) is 9.62. The van der Waals surface area contributed by atoms with E-state index in [1.807, 2.05) is 0 Å². The number of hydrogen-bond donors (Lipinski definition) is 1. The van der Waals surface area contributed by atoms with Gasteiger partial charge in [-0.05, 0) is 13.0 Å². The van der Waals surface area contributed by atoms with E-state index in [4.69, 9.17) is 14.3 Å². The highest BCUT2D eigenvalue weighted by atomic mass is 19.1. The predicted octanol–water partition coefficient (Wildman–Crippen LogP) is 0.916. The molecule has 19 heavy (non-hydrogen) atoms. The van der Waals surface area contributed by atoms with Crippen LogP contribution in [0.3, 0.4) is 0 Å². The van der Waals surface area contributed by atoms with E-state index >= 15 is 0 Å². The molecule has 1 fully saturated rings. The molecule has 1 aliphatic heterocycles. The standard InChI is InChI=1S/C12H13FN2O4/c1-6-2-7-4-15(12(17)14-11(7)18-6)10-3-8(13)9(5-16)19-10/h2,4,8-10,16H,3,5H2,1H3/t8-,9+,10+/m0/s1. The summed E-state index contributed by atoms with van der Waals surface area (Å²) >= 11 is 0. The average Bonchev–Trinajstić information content (AvgIpc) is 2.89. The zero-order chi connectivity index (χ0) is 13.6. The Labute approximate surface area is 107 Å². The van der Waals surface area contributed by atoms with Gasteiger partial charge in [0.1, 0.15) is 24.3 Å². The van der Waals surface area contributed by atoms with Crippen molar-refractivity contribution in [3.05, 3.63) is 28.5 Å². The quantitative estimate of drug-likeness (QED) is 0.876. The molecule has 1 saturated heterocycles. The van der Waals surface area contributed by atoms with Crippen LogP contribution in [0.15, 0.2) is 21.5 Å². The van der Waals surface area contributed by atoms with Crippen LogP contribution in [0.1, 0.15) is 18.4 Å². The molecule has 0 aliphatic carbocycles. The van der Waals surface area contributed by atoms with Gasteiger partial charge >= 0.3 is 5.69 Å². The number of hydrogen-bond acceptors (Lipinski definition) is 5. The third-order valence-electron chi connectivity index (χ3n) is 3.21. The number of halogens is 1. The number of nitrogens with zero attached hydrogens (tertiary/aromatic N) is 2. The molecule has 3 rings (SSSR count). The normalized spacial score (nSPS) is 27.2. The minimum Gasteiger partial charge on any atom is -0.443 e. The number of fused-ring (bicyclic) bond motifs is 1. The van der Waals surface area contributed by atoms with Crippen molar-refractivity contribution in [2.75, 3.05) is 6.61 Å². The maximum atomic E-state index is 13.5. The van der Waals surface area contributed by atoms with Crippen LogP contribution >= 0.6 is 0 Å². The van der Waals surface area contributed by atoms with Crippen LogP contribution in [0.25, 0.3) is 11.1 Å². The molecule has 0 radical (unpaired) electrons. The van der Waals surface area contributed by atoms with Crippen LogP contribution in [-0.4, -0.2) is 33.5 Å². The van der Waals surface area contributed by atoms with Crippen LogP contribution < -0.4 is 5.69 Å². The molecule has 0 amide bonds. The fourth-order valence-corrected chi connectivity index (χ4v) is 2.28. The van der Waals surface area contributed by atoms with Gasteiger partial charge in [-0.2, -0.15) is 4.98 Å². The Morgan fingerprint density at radius 2 is 2.42 bits per heavy atom. The number of aliphatic hydroxyl groups is 1. The topological polar surface area (TPSA) is 77.5 Å².